The van der Waals surface area contributed by atoms with Gasteiger partial charge >= 0.3 is 0 Å². The van der Waals surface area contributed by atoms with Crippen LogP contribution in [0, 0.1) is 0 Å². The average Bonchev–Trinajstić information content (AvgIpc) is 2.07. The molecule has 0 fully saturated rings. The molecule has 0 spiro atoms. The van der Waals surface area contributed by atoms with Crippen molar-refractivity contribution < 1.29 is 4.39 Å². The lowest BCUT2D eigenvalue weighted by atomic mass is 10.3. The third kappa shape index (κ3) is 2.57. The molecule has 0 atom stereocenters. The fraction of sp³-hybridized carbons (Fsp3) is 0.250. The summed E-state index contributed by atoms with van der Waals surface area (Å²) in [6.45, 7) is -0.351. The van der Waals surface area contributed by atoms with Crippen LogP contribution in [0.1, 0.15) is 0 Å². The van der Waals surface area contributed by atoms with Gasteiger partial charge in [-0.2, -0.15) is 0 Å². The van der Waals surface area contributed by atoms with E-state index >= 15 is 0 Å². The molecular weight excluding hydrogens is 197 g/mol. The Labute approximate surface area is 80.1 Å². The molecule has 2 N–H and O–H groups in total. The Morgan fingerprint density at radius 2 is 2.25 bits per heavy atom. The lowest BCUT2D eigenvalue weighted by Gasteiger charge is -2.03. The number of nitrogen functional groups attached to an aromatic ring is 1. The lowest BCUT2D eigenvalue weighted by Crippen LogP contribution is -1.89. The van der Waals surface area contributed by atoms with E-state index in [2.05, 4.69) is 0 Å². The Hall–Kier alpha value is -0.410. The first-order valence-corrected chi connectivity index (χ1v) is 4.84. The number of hydrogen-bond acceptors (Lipinski definition) is 2. The highest BCUT2D eigenvalue weighted by Gasteiger charge is 1.99. The maximum Gasteiger partial charge on any atom is 0.0988 e. The maximum absolute atomic E-state index is 11.8. The first kappa shape index (κ1) is 9.68. The predicted octanol–water partition coefficient (Wildman–Crippen LogP) is 2.98. The second kappa shape index (κ2) is 4.58. The summed E-state index contributed by atoms with van der Waals surface area (Å²) in [6.07, 6.45) is 0. The minimum Gasteiger partial charge on any atom is -0.398 e. The first-order chi connectivity index (χ1) is 5.74. The zero-order valence-electron chi connectivity index (χ0n) is 6.39. The van der Waals surface area contributed by atoms with Crippen molar-refractivity contribution in [1.29, 1.82) is 0 Å². The number of anilines is 1. The van der Waals surface area contributed by atoms with Gasteiger partial charge in [-0.3, -0.25) is 4.39 Å². The maximum atomic E-state index is 11.8. The molecule has 0 aliphatic heterocycles. The van der Waals surface area contributed by atoms with Crippen LogP contribution in [0.2, 0.25) is 5.02 Å². The van der Waals surface area contributed by atoms with Crippen molar-refractivity contribution in [3.8, 4) is 0 Å². The average molecular weight is 206 g/mol. The van der Waals surface area contributed by atoms with E-state index in [0.717, 1.165) is 4.90 Å². The molecule has 4 heteroatoms. The van der Waals surface area contributed by atoms with E-state index in [1.54, 1.807) is 18.2 Å². The summed E-state index contributed by atoms with van der Waals surface area (Å²) in [6, 6.07) is 5.19. The summed E-state index contributed by atoms with van der Waals surface area (Å²) < 4.78 is 11.8. The molecule has 0 aliphatic carbocycles. The van der Waals surface area contributed by atoms with Gasteiger partial charge in [0.15, 0.2) is 0 Å². The van der Waals surface area contributed by atoms with E-state index < -0.39 is 0 Å². The molecule has 0 aromatic heterocycles. The highest BCUT2D eigenvalue weighted by Crippen LogP contribution is 2.27. The minimum absolute atomic E-state index is 0.351. The van der Waals surface area contributed by atoms with Crippen LogP contribution in [0.5, 0.6) is 0 Å². The molecule has 1 aromatic carbocycles. The van der Waals surface area contributed by atoms with Gasteiger partial charge in [0.25, 0.3) is 0 Å². The summed E-state index contributed by atoms with van der Waals surface area (Å²) in [4.78, 5) is 0.847. The number of hydrogen-bond donors (Lipinski definition) is 1. The second-order valence-corrected chi connectivity index (χ2v) is 3.79. The Morgan fingerprint density at radius 1 is 1.50 bits per heavy atom. The van der Waals surface area contributed by atoms with Crippen LogP contribution in [0.4, 0.5) is 10.1 Å². The third-order valence-corrected chi connectivity index (χ3v) is 2.57. The number of benzene rings is 1. The minimum atomic E-state index is -0.351. The van der Waals surface area contributed by atoms with Crippen LogP contribution in [0.15, 0.2) is 23.1 Å². The van der Waals surface area contributed by atoms with Crippen LogP contribution >= 0.6 is 23.4 Å². The molecule has 66 valence electrons. The molecule has 0 aliphatic rings. The molecule has 12 heavy (non-hydrogen) atoms. The fourth-order valence-electron chi connectivity index (χ4n) is 0.782. The molecule has 1 aromatic rings. The molecule has 0 unspecified atom stereocenters. The van der Waals surface area contributed by atoms with E-state index in [0.29, 0.717) is 16.5 Å². The van der Waals surface area contributed by atoms with Crippen molar-refractivity contribution in [2.75, 3.05) is 18.2 Å². The van der Waals surface area contributed by atoms with Crippen molar-refractivity contribution in [2.45, 2.75) is 4.90 Å². The Balaban J connectivity index is 2.75. The molecule has 0 amide bonds. The van der Waals surface area contributed by atoms with Crippen molar-refractivity contribution in [3.63, 3.8) is 0 Å². The number of rotatable bonds is 3. The van der Waals surface area contributed by atoms with Crippen LogP contribution < -0.4 is 5.73 Å². The van der Waals surface area contributed by atoms with Gasteiger partial charge in [-0.15, -0.1) is 11.8 Å². The molecule has 1 rings (SSSR count). The van der Waals surface area contributed by atoms with E-state index in [4.69, 9.17) is 17.3 Å². The first-order valence-electron chi connectivity index (χ1n) is 3.48. The standard InChI is InChI=1S/C8H9ClFNS/c9-6-1-2-7(11)8(5-6)12-4-3-10/h1-2,5H,3-4,11H2. The summed E-state index contributed by atoms with van der Waals surface area (Å²) >= 11 is 7.11. The zero-order valence-corrected chi connectivity index (χ0v) is 7.96. The molecular formula is C8H9ClFNS. The monoisotopic (exact) mass is 205 g/mol. The van der Waals surface area contributed by atoms with E-state index in [1.165, 1.54) is 11.8 Å². The van der Waals surface area contributed by atoms with E-state index in [-0.39, 0.29) is 6.67 Å². The topological polar surface area (TPSA) is 26.0 Å². The number of halogens is 2. The third-order valence-electron chi connectivity index (χ3n) is 1.31. The molecule has 0 bridgehead atoms. The summed E-state index contributed by atoms with van der Waals surface area (Å²) in [5.41, 5.74) is 6.28. The van der Waals surface area contributed by atoms with Crippen LogP contribution in [-0.2, 0) is 0 Å². The quantitative estimate of drug-likeness (QED) is 0.607. The van der Waals surface area contributed by atoms with Gasteiger partial charge in [0.2, 0.25) is 0 Å². The molecule has 1 nitrogen and oxygen atoms in total. The van der Waals surface area contributed by atoms with Gasteiger partial charge < -0.3 is 5.73 Å². The van der Waals surface area contributed by atoms with E-state index in [1.807, 2.05) is 0 Å². The van der Waals surface area contributed by atoms with E-state index in [9.17, 15) is 4.39 Å². The Kier molecular flexibility index (Phi) is 3.69. The predicted molar refractivity (Wildman–Crippen MR) is 52.6 cm³/mol. The summed E-state index contributed by atoms with van der Waals surface area (Å²) in [5, 5.41) is 0.630. The van der Waals surface area contributed by atoms with Gasteiger partial charge in [-0.25, -0.2) is 0 Å². The van der Waals surface area contributed by atoms with Gasteiger partial charge in [-0.1, -0.05) is 11.6 Å². The lowest BCUT2D eigenvalue weighted by molar-refractivity contribution is 0.533. The van der Waals surface area contributed by atoms with Crippen molar-refractivity contribution >= 4 is 29.1 Å². The zero-order chi connectivity index (χ0) is 8.97. The normalized spacial score (nSPS) is 10.2. The van der Waals surface area contributed by atoms with Crippen LogP contribution in [0.25, 0.3) is 0 Å². The van der Waals surface area contributed by atoms with Gasteiger partial charge in [0.1, 0.15) is 0 Å². The summed E-state index contributed by atoms with van der Waals surface area (Å²) in [7, 11) is 0. The highest BCUT2D eigenvalue weighted by atomic mass is 35.5. The molecule has 0 heterocycles. The van der Waals surface area contributed by atoms with Crippen LogP contribution in [0.3, 0.4) is 0 Å². The smallest absolute Gasteiger partial charge is 0.0988 e. The Bertz CT molecular complexity index is 267. The summed E-state index contributed by atoms with van der Waals surface area (Å²) in [5.74, 6) is 0.421. The van der Waals surface area contributed by atoms with Gasteiger partial charge in [-0.05, 0) is 18.2 Å². The molecule has 0 saturated heterocycles. The van der Waals surface area contributed by atoms with Crippen molar-refractivity contribution in [3.05, 3.63) is 23.2 Å². The highest BCUT2D eigenvalue weighted by molar-refractivity contribution is 7.99. The SMILES string of the molecule is Nc1ccc(Cl)cc1SCCF. The van der Waals surface area contributed by atoms with Gasteiger partial charge in [0, 0.05) is 21.4 Å². The number of thioether (sulfide) groups is 1. The second-order valence-electron chi connectivity index (χ2n) is 2.22. The number of alkyl halides is 1. The number of nitrogens with two attached hydrogens (primary N) is 1. The molecule has 0 radical (unpaired) electrons. The molecule has 0 saturated carbocycles. The van der Waals surface area contributed by atoms with Crippen molar-refractivity contribution in [2.24, 2.45) is 0 Å². The van der Waals surface area contributed by atoms with Crippen molar-refractivity contribution in [1.82, 2.24) is 0 Å². The van der Waals surface area contributed by atoms with Gasteiger partial charge in [0.05, 0.1) is 6.67 Å². The van der Waals surface area contributed by atoms with Crippen LogP contribution in [-0.4, -0.2) is 12.4 Å². The Morgan fingerprint density at radius 3 is 2.92 bits per heavy atom. The largest absolute Gasteiger partial charge is 0.398 e. The fourth-order valence-corrected chi connectivity index (χ4v) is 1.76.